The number of hydrogen-bond donors (Lipinski definition) is 1. The molecule has 2 rings (SSSR count). The second-order valence-electron chi connectivity index (χ2n) is 3.58. The smallest absolute Gasteiger partial charge is 0.137 e. The molecule has 0 aliphatic rings. The molecule has 17 heavy (non-hydrogen) atoms. The molecule has 1 unspecified atom stereocenters. The first-order chi connectivity index (χ1) is 8.11. The highest BCUT2D eigenvalue weighted by atomic mass is 127. The molecule has 0 saturated carbocycles. The predicted molar refractivity (Wildman–Crippen MR) is 82.0 cm³/mol. The predicted octanol–water partition coefficient (Wildman–Crippen LogP) is 4.56. The molecule has 0 aliphatic carbocycles. The number of thiophene rings is 1. The van der Waals surface area contributed by atoms with Gasteiger partial charge in [-0.2, -0.15) is 0 Å². The van der Waals surface area contributed by atoms with Crippen molar-refractivity contribution in [1.82, 2.24) is 5.32 Å². The maximum absolute atomic E-state index is 13.2. The van der Waals surface area contributed by atoms with Crippen LogP contribution in [0.5, 0.6) is 0 Å². The first-order valence-electron chi connectivity index (χ1n) is 4.98. The van der Waals surface area contributed by atoms with Crippen LogP contribution in [0.25, 0.3) is 0 Å². The summed E-state index contributed by atoms with van der Waals surface area (Å²) in [6.45, 7) is 0. The average Bonchev–Trinajstić information content (AvgIpc) is 2.71. The van der Waals surface area contributed by atoms with Crippen molar-refractivity contribution in [2.75, 3.05) is 7.05 Å². The fourth-order valence-corrected chi connectivity index (χ4v) is 3.49. The Kier molecular flexibility index (Phi) is 4.57. The molecule has 1 aromatic carbocycles. The molecule has 0 aliphatic heterocycles. The van der Waals surface area contributed by atoms with E-state index in [1.807, 2.05) is 19.2 Å². The second-order valence-corrected chi connectivity index (χ2v) is 7.24. The second kappa shape index (κ2) is 5.77. The van der Waals surface area contributed by atoms with E-state index in [0.717, 1.165) is 5.56 Å². The molecule has 1 atom stereocenters. The summed E-state index contributed by atoms with van der Waals surface area (Å²) in [6, 6.07) is 7.36. The van der Waals surface area contributed by atoms with Gasteiger partial charge in [0.15, 0.2) is 0 Å². The molecule has 1 heterocycles. The van der Waals surface area contributed by atoms with Gasteiger partial charge in [0.2, 0.25) is 0 Å². The number of benzene rings is 1. The Balaban J connectivity index is 2.38. The molecular weight excluding hydrogens is 416 g/mol. The quantitative estimate of drug-likeness (QED) is 0.710. The van der Waals surface area contributed by atoms with Gasteiger partial charge in [0.05, 0.1) is 13.4 Å². The lowest BCUT2D eigenvalue weighted by atomic mass is 10.0. The Labute approximate surface area is 126 Å². The van der Waals surface area contributed by atoms with Crippen LogP contribution in [0, 0.1) is 8.70 Å². The van der Waals surface area contributed by atoms with E-state index in [4.69, 9.17) is 0 Å². The van der Waals surface area contributed by atoms with E-state index in [9.17, 15) is 4.39 Å². The maximum Gasteiger partial charge on any atom is 0.137 e. The summed E-state index contributed by atoms with van der Waals surface area (Å²) in [5, 5.41) is 5.38. The minimum absolute atomic E-state index is 0.103. The summed E-state index contributed by atoms with van der Waals surface area (Å²) in [6.07, 6.45) is 0. The van der Waals surface area contributed by atoms with Crippen molar-refractivity contribution in [3.63, 3.8) is 0 Å². The highest BCUT2D eigenvalue weighted by Gasteiger charge is 2.14. The Morgan fingerprint density at radius 1 is 1.35 bits per heavy atom. The Morgan fingerprint density at radius 3 is 2.65 bits per heavy atom. The third-order valence-corrected chi connectivity index (χ3v) is 4.90. The van der Waals surface area contributed by atoms with Crippen LogP contribution < -0.4 is 5.32 Å². The van der Waals surface area contributed by atoms with E-state index in [2.05, 4.69) is 55.3 Å². The zero-order valence-electron chi connectivity index (χ0n) is 9.01. The Hall–Kier alpha value is 0.0200. The fraction of sp³-hybridized carbons (Fsp3) is 0.167. The largest absolute Gasteiger partial charge is 0.309 e. The molecule has 0 amide bonds. The number of nitrogens with one attached hydrogen (secondary N) is 1. The van der Waals surface area contributed by atoms with Gasteiger partial charge in [-0.25, -0.2) is 4.39 Å². The van der Waals surface area contributed by atoms with Crippen molar-refractivity contribution < 1.29 is 4.39 Å². The van der Waals surface area contributed by atoms with Crippen molar-refractivity contribution in [2.24, 2.45) is 0 Å². The first-order valence-corrected chi connectivity index (χ1v) is 7.73. The molecule has 5 heteroatoms. The number of rotatable bonds is 3. The fourth-order valence-electron chi connectivity index (χ4n) is 1.69. The van der Waals surface area contributed by atoms with E-state index in [-0.39, 0.29) is 11.9 Å². The Morgan fingerprint density at radius 2 is 2.12 bits per heavy atom. The van der Waals surface area contributed by atoms with Crippen molar-refractivity contribution in [2.45, 2.75) is 6.04 Å². The standard InChI is InChI=1S/C12H10BrFINS/c1-16-12(8-5-11(15)17-6-8)7-2-3-10(14)9(13)4-7/h2-6,12,16H,1H3. The van der Waals surface area contributed by atoms with Crippen molar-refractivity contribution >= 4 is 49.9 Å². The van der Waals surface area contributed by atoms with E-state index in [1.165, 1.54) is 14.5 Å². The van der Waals surface area contributed by atoms with Crippen molar-refractivity contribution in [3.05, 3.63) is 53.9 Å². The first kappa shape index (κ1) is 13.5. The number of hydrogen-bond acceptors (Lipinski definition) is 2. The van der Waals surface area contributed by atoms with Gasteiger partial charge in [-0.05, 0) is 80.3 Å². The van der Waals surface area contributed by atoms with Gasteiger partial charge in [0.1, 0.15) is 5.82 Å². The molecule has 0 saturated heterocycles. The molecule has 0 fully saturated rings. The minimum Gasteiger partial charge on any atom is -0.309 e. The molecule has 1 N–H and O–H groups in total. The van der Waals surface area contributed by atoms with Crippen LogP contribution in [-0.2, 0) is 0 Å². The van der Waals surface area contributed by atoms with E-state index < -0.39 is 0 Å². The topological polar surface area (TPSA) is 12.0 Å². The zero-order chi connectivity index (χ0) is 12.4. The normalized spacial score (nSPS) is 12.7. The van der Waals surface area contributed by atoms with Crippen LogP contribution in [0.1, 0.15) is 17.2 Å². The number of halogens is 3. The van der Waals surface area contributed by atoms with E-state index in [1.54, 1.807) is 11.3 Å². The lowest BCUT2D eigenvalue weighted by Crippen LogP contribution is -2.17. The summed E-state index contributed by atoms with van der Waals surface area (Å²) < 4.78 is 15.0. The summed E-state index contributed by atoms with van der Waals surface area (Å²) in [5.41, 5.74) is 2.26. The zero-order valence-corrected chi connectivity index (χ0v) is 13.6. The van der Waals surface area contributed by atoms with Crippen LogP contribution in [-0.4, -0.2) is 7.05 Å². The highest BCUT2D eigenvalue weighted by Crippen LogP contribution is 2.29. The average molecular weight is 426 g/mol. The molecule has 1 nitrogen and oxygen atoms in total. The summed E-state index contributed by atoms with van der Waals surface area (Å²) >= 11 is 7.23. The summed E-state index contributed by atoms with van der Waals surface area (Å²) in [7, 11) is 1.91. The van der Waals surface area contributed by atoms with Crippen LogP contribution in [0.15, 0.2) is 34.1 Å². The molecule has 1 aromatic heterocycles. The van der Waals surface area contributed by atoms with Gasteiger partial charge in [0.25, 0.3) is 0 Å². The van der Waals surface area contributed by atoms with Gasteiger partial charge >= 0.3 is 0 Å². The minimum atomic E-state index is -0.233. The third-order valence-electron chi connectivity index (χ3n) is 2.49. The molecule has 0 spiro atoms. The molecule has 90 valence electrons. The van der Waals surface area contributed by atoms with Gasteiger partial charge in [0, 0.05) is 0 Å². The van der Waals surface area contributed by atoms with Crippen LogP contribution >= 0.6 is 49.9 Å². The lowest BCUT2D eigenvalue weighted by molar-refractivity contribution is 0.616. The molecule has 0 bridgehead atoms. The van der Waals surface area contributed by atoms with Crippen LogP contribution in [0.4, 0.5) is 4.39 Å². The monoisotopic (exact) mass is 425 g/mol. The van der Waals surface area contributed by atoms with Crippen molar-refractivity contribution in [3.8, 4) is 0 Å². The third kappa shape index (κ3) is 3.07. The van der Waals surface area contributed by atoms with Gasteiger partial charge in [-0.3, -0.25) is 0 Å². The van der Waals surface area contributed by atoms with Crippen LogP contribution in [0.3, 0.4) is 0 Å². The van der Waals surface area contributed by atoms with E-state index in [0.29, 0.717) is 4.47 Å². The lowest BCUT2D eigenvalue weighted by Gasteiger charge is -2.15. The molecule has 2 aromatic rings. The van der Waals surface area contributed by atoms with Gasteiger partial charge in [-0.1, -0.05) is 6.07 Å². The van der Waals surface area contributed by atoms with Crippen molar-refractivity contribution in [1.29, 1.82) is 0 Å². The summed E-state index contributed by atoms with van der Waals surface area (Å²) in [5.74, 6) is -0.233. The molecular formula is C12H10BrFINS. The molecule has 0 radical (unpaired) electrons. The van der Waals surface area contributed by atoms with Gasteiger partial charge < -0.3 is 5.32 Å². The maximum atomic E-state index is 13.2. The van der Waals surface area contributed by atoms with Crippen LogP contribution in [0.2, 0.25) is 0 Å². The van der Waals surface area contributed by atoms with Gasteiger partial charge in [-0.15, -0.1) is 11.3 Å². The highest BCUT2D eigenvalue weighted by molar-refractivity contribution is 14.1. The summed E-state index contributed by atoms with van der Waals surface area (Å²) in [4.78, 5) is 0. The van der Waals surface area contributed by atoms with E-state index >= 15 is 0 Å². The Bertz CT molecular complexity index is 529. The SMILES string of the molecule is CNC(c1csc(I)c1)c1ccc(F)c(Br)c1.